The number of aromatic nitrogens is 5. The average molecular weight is 520 g/mol. The van der Waals surface area contributed by atoms with Gasteiger partial charge in [-0.25, -0.2) is 4.98 Å². The van der Waals surface area contributed by atoms with Crippen molar-refractivity contribution >= 4 is 10.9 Å². The quantitative estimate of drug-likeness (QED) is 0.240. The van der Waals surface area contributed by atoms with E-state index in [1.165, 1.54) is 57.3 Å². The minimum absolute atomic E-state index is 0.110. The van der Waals surface area contributed by atoms with E-state index in [-0.39, 0.29) is 5.41 Å². The summed E-state index contributed by atoms with van der Waals surface area (Å²) < 4.78 is 2.34. The van der Waals surface area contributed by atoms with Crippen LogP contribution in [0.15, 0.2) is 91.3 Å². The van der Waals surface area contributed by atoms with Crippen LogP contribution in [0.3, 0.4) is 0 Å². The Labute approximate surface area is 233 Å². The van der Waals surface area contributed by atoms with Crippen LogP contribution in [-0.2, 0) is 18.3 Å². The molecule has 5 heteroatoms. The van der Waals surface area contributed by atoms with Crippen LogP contribution in [0.25, 0.3) is 50.8 Å². The SMILES string of the molecule is CC1(C)c2ccncc2-c2cc3c4c(n(-c5nc(-c6ccccc6)nc(-c6ccccc6)n5)c3cc21)CCCC4. The minimum Gasteiger partial charge on any atom is -0.282 e. The highest BCUT2D eigenvalue weighted by atomic mass is 15.2. The van der Waals surface area contributed by atoms with Crippen LogP contribution in [-0.4, -0.2) is 24.5 Å². The van der Waals surface area contributed by atoms with Crippen LogP contribution in [0.1, 0.15) is 49.1 Å². The summed E-state index contributed by atoms with van der Waals surface area (Å²) in [6.45, 7) is 4.64. The Morgan fingerprint density at radius 1 is 0.700 bits per heavy atom. The number of nitrogens with zero attached hydrogens (tertiary/aromatic N) is 5. The van der Waals surface area contributed by atoms with Gasteiger partial charge in [0.2, 0.25) is 5.95 Å². The van der Waals surface area contributed by atoms with Gasteiger partial charge in [0.15, 0.2) is 11.6 Å². The normalized spacial score (nSPS) is 15.1. The first-order valence-electron chi connectivity index (χ1n) is 14.1. The third-order valence-electron chi connectivity index (χ3n) is 8.76. The van der Waals surface area contributed by atoms with Crippen LogP contribution in [0.2, 0.25) is 0 Å². The average Bonchev–Trinajstić information content (AvgIpc) is 3.45. The highest BCUT2D eigenvalue weighted by Crippen LogP contribution is 2.50. The summed E-state index contributed by atoms with van der Waals surface area (Å²) in [6.07, 6.45) is 8.40. The third kappa shape index (κ3) is 3.40. The number of fused-ring (bicyclic) bond motifs is 6. The first kappa shape index (κ1) is 23.3. The lowest BCUT2D eigenvalue weighted by Gasteiger charge is -2.21. The van der Waals surface area contributed by atoms with Gasteiger partial charge in [-0.05, 0) is 66.1 Å². The summed E-state index contributed by atoms with van der Waals surface area (Å²) in [4.78, 5) is 19.7. The van der Waals surface area contributed by atoms with E-state index in [1.54, 1.807) is 0 Å². The molecule has 3 heterocycles. The summed E-state index contributed by atoms with van der Waals surface area (Å²) >= 11 is 0. The standard InChI is InChI=1S/C35H29N5/c1-35(2)28-17-18-36-21-27(28)25-19-26-24-15-9-10-16-30(24)40(31(26)20-29(25)35)34-38-32(22-11-5-3-6-12-22)37-33(39-34)23-13-7-4-8-14-23/h3-8,11-14,17-21H,9-10,15-16H2,1-2H3. The summed E-state index contributed by atoms with van der Waals surface area (Å²) in [6, 6.07) is 27.4. The fourth-order valence-electron chi connectivity index (χ4n) is 6.75. The fourth-order valence-corrected chi connectivity index (χ4v) is 6.75. The smallest absolute Gasteiger partial charge is 0.238 e. The molecule has 0 unspecified atom stereocenters. The number of rotatable bonds is 3. The van der Waals surface area contributed by atoms with Crippen molar-refractivity contribution in [3.05, 3.63) is 114 Å². The van der Waals surface area contributed by atoms with Gasteiger partial charge in [0.1, 0.15) is 0 Å². The number of hydrogen-bond donors (Lipinski definition) is 0. The van der Waals surface area contributed by atoms with Crippen LogP contribution < -0.4 is 0 Å². The number of aryl methyl sites for hydroxylation is 1. The van der Waals surface area contributed by atoms with E-state index < -0.39 is 0 Å². The molecule has 0 saturated heterocycles. The molecule has 5 nitrogen and oxygen atoms in total. The molecule has 2 aliphatic carbocycles. The fraction of sp³-hybridized carbons (Fsp3) is 0.200. The Bertz CT molecular complexity index is 1860. The van der Waals surface area contributed by atoms with Gasteiger partial charge in [-0.2, -0.15) is 9.97 Å². The first-order valence-corrected chi connectivity index (χ1v) is 14.1. The van der Waals surface area contributed by atoms with E-state index in [0.29, 0.717) is 17.6 Å². The maximum absolute atomic E-state index is 5.13. The Morgan fingerprint density at radius 2 is 1.38 bits per heavy atom. The van der Waals surface area contributed by atoms with E-state index >= 15 is 0 Å². The molecule has 2 aliphatic rings. The Hall–Kier alpha value is -4.64. The van der Waals surface area contributed by atoms with Crippen molar-refractivity contribution in [1.29, 1.82) is 0 Å². The maximum Gasteiger partial charge on any atom is 0.238 e. The molecule has 0 aliphatic heterocycles. The predicted molar refractivity (Wildman–Crippen MR) is 160 cm³/mol. The predicted octanol–water partition coefficient (Wildman–Crippen LogP) is 7.73. The highest BCUT2D eigenvalue weighted by molar-refractivity contribution is 5.95. The molecule has 0 radical (unpaired) electrons. The van der Waals surface area contributed by atoms with Gasteiger partial charge in [0.25, 0.3) is 0 Å². The molecule has 8 rings (SSSR count). The Kier molecular flexibility index (Phi) is 5.05. The lowest BCUT2D eigenvalue weighted by atomic mass is 9.82. The molecule has 3 aromatic heterocycles. The van der Waals surface area contributed by atoms with Crippen molar-refractivity contribution in [1.82, 2.24) is 24.5 Å². The van der Waals surface area contributed by atoms with Crippen molar-refractivity contribution in [3.63, 3.8) is 0 Å². The first-order chi connectivity index (χ1) is 19.6. The molecule has 0 bridgehead atoms. The zero-order chi connectivity index (χ0) is 26.8. The van der Waals surface area contributed by atoms with Crippen molar-refractivity contribution in [2.24, 2.45) is 0 Å². The lowest BCUT2D eigenvalue weighted by Crippen LogP contribution is -2.15. The lowest BCUT2D eigenvalue weighted by molar-refractivity contribution is 0.657. The zero-order valence-electron chi connectivity index (χ0n) is 22.7. The summed E-state index contributed by atoms with van der Waals surface area (Å²) in [7, 11) is 0. The van der Waals surface area contributed by atoms with Crippen LogP contribution >= 0.6 is 0 Å². The number of benzene rings is 3. The van der Waals surface area contributed by atoms with Gasteiger partial charge >= 0.3 is 0 Å². The molecule has 0 fully saturated rings. The Morgan fingerprint density at radius 3 is 2.08 bits per heavy atom. The molecular formula is C35H29N5. The second-order valence-electron chi connectivity index (χ2n) is 11.4. The van der Waals surface area contributed by atoms with Gasteiger partial charge in [-0.1, -0.05) is 74.5 Å². The number of pyridine rings is 1. The van der Waals surface area contributed by atoms with Gasteiger partial charge in [0, 0.05) is 45.6 Å². The molecule has 3 aromatic carbocycles. The van der Waals surface area contributed by atoms with Crippen molar-refractivity contribution in [2.45, 2.75) is 44.9 Å². The molecule has 0 atom stereocenters. The van der Waals surface area contributed by atoms with Gasteiger partial charge in [-0.3, -0.25) is 9.55 Å². The summed E-state index contributed by atoms with van der Waals surface area (Å²) in [5.41, 5.74) is 11.0. The zero-order valence-corrected chi connectivity index (χ0v) is 22.7. The second kappa shape index (κ2) is 8.68. The molecular weight excluding hydrogens is 490 g/mol. The Balaban J connectivity index is 1.43. The van der Waals surface area contributed by atoms with E-state index in [2.05, 4.69) is 65.9 Å². The van der Waals surface area contributed by atoms with Crippen LogP contribution in [0, 0.1) is 0 Å². The maximum atomic E-state index is 5.13. The minimum atomic E-state index is -0.110. The molecule has 194 valence electrons. The molecule has 0 saturated carbocycles. The van der Waals surface area contributed by atoms with Gasteiger partial charge in [-0.15, -0.1) is 0 Å². The van der Waals surface area contributed by atoms with E-state index in [4.69, 9.17) is 15.0 Å². The molecule has 6 aromatic rings. The number of hydrogen-bond acceptors (Lipinski definition) is 4. The van der Waals surface area contributed by atoms with E-state index in [1.807, 2.05) is 48.8 Å². The summed E-state index contributed by atoms with van der Waals surface area (Å²) in [5, 5.41) is 1.31. The van der Waals surface area contributed by atoms with Crippen molar-refractivity contribution < 1.29 is 0 Å². The summed E-state index contributed by atoms with van der Waals surface area (Å²) in [5.74, 6) is 2.07. The van der Waals surface area contributed by atoms with Crippen LogP contribution in [0.4, 0.5) is 0 Å². The van der Waals surface area contributed by atoms with E-state index in [9.17, 15) is 0 Å². The molecule has 0 spiro atoms. The topological polar surface area (TPSA) is 56.5 Å². The second-order valence-corrected chi connectivity index (χ2v) is 11.4. The molecule has 40 heavy (non-hydrogen) atoms. The molecule has 0 amide bonds. The van der Waals surface area contributed by atoms with Gasteiger partial charge < -0.3 is 0 Å². The monoisotopic (exact) mass is 519 g/mol. The third-order valence-corrected chi connectivity index (χ3v) is 8.76. The van der Waals surface area contributed by atoms with Crippen molar-refractivity contribution in [3.8, 4) is 39.9 Å². The van der Waals surface area contributed by atoms with Crippen LogP contribution in [0.5, 0.6) is 0 Å². The van der Waals surface area contributed by atoms with E-state index in [0.717, 1.165) is 24.0 Å². The largest absolute Gasteiger partial charge is 0.282 e. The highest BCUT2D eigenvalue weighted by Gasteiger charge is 2.37. The van der Waals surface area contributed by atoms with Crippen molar-refractivity contribution in [2.75, 3.05) is 0 Å². The molecule has 0 N–H and O–H groups in total. The van der Waals surface area contributed by atoms with Gasteiger partial charge in [0.05, 0.1) is 5.52 Å².